The first-order chi connectivity index (χ1) is 14.6. The van der Waals surface area contributed by atoms with Crippen molar-refractivity contribution in [3.8, 4) is 11.5 Å². The summed E-state index contributed by atoms with van der Waals surface area (Å²) >= 11 is 0. The topological polar surface area (TPSA) is 84.6 Å². The number of phenols is 1. The summed E-state index contributed by atoms with van der Waals surface area (Å²) in [5.74, 6) is 1.39. The lowest BCUT2D eigenvalue weighted by atomic mass is 9.72. The third kappa shape index (κ3) is 2.87. The number of carbonyl (C=O) groups excluding carboxylic acids is 1. The Balaban J connectivity index is 1.64. The second-order valence-corrected chi connectivity index (χ2v) is 7.82. The number of aromatic hydroxyl groups is 1. The van der Waals surface area contributed by atoms with Gasteiger partial charge in [-0.15, -0.1) is 0 Å². The first kappa shape index (κ1) is 18.5. The van der Waals surface area contributed by atoms with E-state index in [0.29, 0.717) is 18.7 Å². The van der Waals surface area contributed by atoms with Crippen LogP contribution in [-0.2, 0) is 4.79 Å². The standard InChI is InChI=1S/C24H22N2O4/c1-13-21-22(17-5-3-4-6-20(17)29-2)23-18(25-24(21)30-26-13)11-15(12-19(23)28)14-7-9-16(27)10-8-14/h3-10,15,22,25,27H,11-12H2,1-2H3/t15-,22+/m0/s1. The second kappa shape index (κ2) is 7.06. The summed E-state index contributed by atoms with van der Waals surface area (Å²) < 4.78 is 11.2. The van der Waals surface area contributed by atoms with Crippen molar-refractivity contribution in [1.82, 2.24) is 5.16 Å². The summed E-state index contributed by atoms with van der Waals surface area (Å²) in [6, 6.07) is 14.9. The van der Waals surface area contributed by atoms with Gasteiger partial charge in [-0.2, -0.15) is 0 Å². The van der Waals surface area contributed by atoms with Crippen molar-refractivity contribution in [2.24, 2.45) is 0 Å². The lowest BCUT2D eigenvalue weighted by Gasteiger charge is -2.34. The highest BCUT2D eigenvalue weighted by Gasteiger charge is 2.42. The molecule has 2 atom stereocenters. The monoisotopic (exact) mass is 402 g/mol. The summed E-state index contributed by atoms with van der Waals surface area (Å²) in [5, 5.41) is 17.1. The van der Waals surface area contributed by atoms with E-state index in [9.17, 15) is 9.90 Å². The number of para-hydroxylation sites is 1. The number of nitrogens with one attached hydrogen (secondary N) is 1. The van der Waals surface area contributed by atoms with Crippen LogP contribution in [0.15, 0.2) is 64.3 Å². The summed E-state index contributed by atoms with van der Waals surface area (Å²) in [7, 11) is 1.64. The molecule has 1 aliphatic heterocycles. The molecule has 5 rings (SSSR count). The summed E-state index contributed by atoms with van der Waals surface area (Å²) in [6.45, 7) is 1.89. The average molecular weight is 402 g/mol. The molecule has 0 saturated carbocycles. The van der Waals surface area contributed by atoms with E-state index in [4.69, 9.17) is 9.26 Å². The van der Waals surface area contributed by atoms with Crippen molar-refractivity contribution in [3.05, 3.63) is 82.2 Å². The van der Waals surface area contributed by atoms with Crippen LogP contribution in [-0.4, -0.2) is 23.2 Å². The zero-order valence-corrected chi connectivity index (χ0v) is 16.8. The lowest BCUT2D eigenvalue weighted by molar-refractivity contribution is -0.116. The molecule has 1 aliphatic carbocycles. The van der Waals surface area contributed by atoms with Gasteiger partial charge < -0.3 is 19.7 Å². The fourth-order valence-corrected chi connectivity index (χ4v) is 4.67. The van der Waals surface area contributed by atoms with Gasteiger partial charge in [-0.1, -0.05) is 35.5 Å². The van der Waals surface area contributed by atoms with Gasteiger partial charge in [0.1, 0.15) is 11.5 Å². The highest BCUT2D eigenvalue weighted by molar-refractivity contribution is 6.01. The number of Topliss-reactive ketones (excluding diaryl/α,β-unsaturated/α-hetero) is 1. The Labute approximate surface area is 174 Å². The van der Waals surface area contributed by atoms with Crippen LogP contribution in [0.5, 0.6) is 11.5 Å². The fraction of sp³-hybridized carbons (Fsp3) is 0.250. The Morgan fingerprint density at radius 2 is 1.90 bits per heavy atom. The molecule has 3 aromatic rings. The minimum absolute atomic E-state index is 0.0354. The lowest BCUT2D eigenvalue weighted by Crippen LogP contribution is -2.29. The van der Waals surface area contributed by atoms with E-state index in [1.165, 1.54) is 0 Å². The molecule has 0 radical (unpaired) electrons. The highest BCUT2D eigenvalue weighted by atomic mass is 16.5. The number of anilines is 1. The maximum atomic E-state index is 13.5. The number of hydrogen-bond donors (Lipinski definition) is 2. The van der Waals surface area contributed by atoms with Gasteiger partial charge in [0.25, 0.3) is 0 Å². The van der Waals surface area contributed by atoms with Crippen LogP contribution in [0.1, 0.15) is 47.1 Å². The van der Waals surface area contributed by atoms with Gasteiger partial charge in [-0.3, -0.25) is 4.79 Å². The van der Waals surface area contributed by atoms with Crippen LogP contribution in [0.25, 0.3) is 0 Å². The fourth-order valence-electron chi connectivity index (χ4n) is 4.67. The molecule has 0 bridgehead atoms. The van der Waals surface area contributed by atoms with Gasteiger partial charge in [0, 0.05) is 23.3 Å². The number of ether oxygens (including phenoxy) is 1. The molecule has 0 amide bonds. The van der Waals surface area contributed by atoms with Gasteiger partial charge in [0.05, 0.1) is 24.3 Å². The van der Waals surface area contributed by atoms with Crippen LogP contribution < -0.4 is 10.1 Å². The Morgan fingerprint density at radius 3 is 2.67 bits per heavy atom. The number of aromatic nitrogens is 1. The Hall–Kier alpha value is -3.54. The Kier molecular flexibility index (Phi) is 4.35. The maximum absolute atomic E-state index is 13.5. The van der Waals surface area contributed by atoms with Crippen LogP contribution in [0.3, 0.4) is 0 Å². The van der Waals surface area contributed by atoms with Gasteiger partial charge in [-0.25, -0.2) is 0 Å². The van der Waals surface area contributed by atoms with E-state index in [-0.39, 0.29) is 23.4 Å². The molecule has 6 nitrogen and oxygen atoms in total. The first-order valence-corrected chi connectivity index (χ1v) is 9.98. The molecule has 2 N–H and O–H groups in total. The smallest absolute Gasteiger partial charge is 0.233 e. The largest absolute Gasteiger partial charge is 0.508 e. The van der Waals surface area contributed by atoms with Crippen molar-refractivity contribution in [1.29, 1.82) is 0 Å². The number of phenolic OH excluding ortho intramolecular Hbond substituents is 1. The number of fused-ring (bicyclic) bond motifs is 1. The number of allylic oxidation sites excluding steroid dienone is 2. The minimum Gasteiger partial charge on any atom is -0.508 e. The molecule has 2 heterocycles. The Morgan fingerprint density at radius 1 is 1.13 bits per heavy atom. The van der Waals surface area contributed by atoms with Gasteiger partial charge in [-0.05, 0) is 43.0 Å². The molecule has 0 unspecified atom stereocenters. The number of ketones is 1. The molecule has 2 aromatic carbocycles. The molecule has 2 aliphatic rings. The normalized spacial score (nSPS) is 20.4. The van der Waals surface area contributed by atoms with E-state index in [1.807, 2.05) is 43.3 Å². The third-order valence-electron chi connectivity index (χ3n) is 6.07. The number of carbonyl (C=O) groups is 1. The van der Waals surface area contributed by atoms with Crippen molar-refractivity contribution in [3.63, 3.8) is 0 Å². The SMILES string of the molecule is COc1ccccc1[C@H]1C2=C(C[C@H](c3ccc(O)cc3)CC2=O)Nc2onc(C)c21. The number of methoxy groups -OCH3 is 1. The molecule has 0 saturated heterocycles. The summed E-state index contributed by atoms with van der Waals surface area (Å²) in [5.41, 5.74) is 5.22. The van der Waals surface area contributed by atoms with Crippen molar-refractivity contribution in [2.45, 2.75) is 31.6 Å². The molecule has 152 valence electrons. The average Bonchev–Trinajstić information content (AvgIpc) is 3.13. The van der Waals surface area contributed by atoms with Gasteiger partial charge in [0.15, 0.2) is 5.78 Å². The molecule has 0 spiro atoms. The number of aryl methyl sites for hydroxylation is 1. The Bertz CT molecular complexity index is 1160. The van der Waals surface area contributed by atoms with Gasteiger partial charge in [0.2, 0.25) is 5.88 Å². The van der Waals surface area contributed by atoms with E-state index in [2.05, 4.69) is 10.5 Å². The van der Waals surface area contributed by atoms with Crippen molar-refractivity contribution in [2.75, 3.05) is 12.4 Å². The second-order valence-electron chi connectivity index (χ2n) is 7.82. The molecule has 1 aromatic heterocycles. The predicted octanol–water partition coefficient (Wildman–Crippen LogP) is 4.66. The molecule has 6 heteroatoms. The minimum atomic E-state index is -0.285. The number of benzene rings is 2. The number of rotatable bonds is 3. The number of nitrogens with zero attached hydrogens (tertiary/aromatic N) is 1. The van der Waals surface area contributed by atoms with Crippen molar-refractivity contribution < 1.29 is 19.2 Å². The van der Waals surface area contributed by atoms with Crippen LogP contribution in [0, 0.1) is 6.92 Å². The summed E-state index contributed by atoms with van der Waals surface area (Å²) in [6.07, 6.45) is 1.09. The van der Waals surface area contributed by atoms with Crippen LogP contribution in [0.4, 0.5) is 5.88 Å². The van der Waals surface area contributed by atoms with Crippen LogP contribution >= 0.6 is 0 Å². The zero-order valence-electron chi connectivity index (χ0n) is 16.8. The van der Waals surface area contributed by atoms with E-state index in [1.54, 1.807) is 19.2 Å². The third-order valence-corrected chi connectivity index (χ3v) is 6.07. The molecular formula is C24H22N2O4. The predicted molar refractivity (Wildman–Crippen MR) is 112 cm³/mol. The van der Waals surface area contributed by atoms with Gasteiger partial charge >= 0.3 is 0 Å². The molecular weight excluding hydrogens is 380 g/mol. The van der Waals surface area contributed by atoms with E-state index >= 15 is 0 Å². The molecule has 30 heavy (non-hydrogen) atoms. The number of hydrogen-bond acceptors (Lipinski definition) is 6. The quantitative estimate of drug-likeness (QED) is 0.663. The van der Waals surface area contributed by atoms with Crippen LogP contribution in [0.2, 0.25) is 0 Å². The highest BCUT2D eigenvalue weighted by Crippen LogP contribution is 2.50. The van der Waals surface area contributed by atoms with E-state index in [0.717, 1.165) is 39.4 Å². The first-order valence-electron chi connectivity index (χ1n) is 9.98. The van der Waals surface area contributed by atoms with Crippen molar-refractivity contribution >= 4 is 11.7 Å². The maximum Gasteiger partial charge on any atom is 0.233 e. The van der Waals surface area contributed by atoms with E-state index < -0.39 is 0 Å². The summed E-state index contributed by atoms with van der Waals surface area (Å²) in [4.78, 5) is 13.5. The zero-order chi connectivity index (χ0) is 20.8. The molecule has 0 fully saturated rings.